The van der Waals surface area contributed by atoms with Gasteiger partial charge in [-0.3, -0.25) is 4.79 Å². The first-order valence-corrected chi connectivity index (χ1v) is 7.58. The number of benzene rings is 1. The number of anilines is 1. The van der Waals surface area contributed by atoms with Crippen molar-refractivity contribution >= 4 is 23.3 Å². The molecule has 116 valence electrons. The van der Waals surface area contributed by atoms with E-state index < -0.39 is 0 Å². The topological polar surface area (TPSA) is 68.0 Å². The van der Waals surface area contributed by atoms with Gasteiger partial charge >= 0.3 is 0 Å². The summed E-state index contributed by atoms with van der Waals surface area (Å²) in [7, 11) is 0. The number of nitrogen functional groups attached to an aromatic ring is 1. The van der Waals surface area contributed by atoms with Gasteiger partial charge in [0.2, 0.25) is 0 Å². The van der Waals surface area contributed by atoms with Crippen LogP contribution in [0, 0.1) is 0 Å². The molecular weight excluding hydrogens is 298 g/mol. The summed E-state index contributed by atoms with van der Waals surface area (Å²) in [5, 5.41) is 3.14. The predicted molar refractivity (Wildman–Crippen MR) is 90.1 cm³/mol. The van der Waals surface area contributed by atoms with E-state index in [4.69, 9.17) is 17.3 Å². The zero-order valence-electron chi connectivity index (χ0n) is 12.9. The second kappa shape index (κ2) is 6.79. The standard InChI is InChI=1S/C17H20ClN3O/c1-10(2)12-4-6-13(7-5-12)11(3)20-17(22)14-8-15(18)21-16(19)9-14/h4-11H,1-3H3,(H2,19,21)(H,20,22)/t11-/m0/s1. The van der Waals surface area contributed by atoms with Gasteiger partial charge in [-0.1, -0.05) is 49.7 Å². The molecular formula is C17H20ClN3O. The lowest BCUT2D eigenvalue weighted by Crippen LogP contribution is -2.26. The number of rotatable bonds is 4. The first-order valence-electron chi connectivity index (χ1n) is 7.20. The molecule has 2 rings (SSSR count). The molecule has 3 N–H and O–H groups in total. The maximum absolute atomic E-state index is 12.3. The monoisotopic (exact) mass is 317 g/mol. The average Bonchev–Trinajstić information content (AvgIpc) is 2.46. The van der Waals surface area contributed by atoms with Crippen LogP contribution in [0.3, 0.4) is 0 Å². The molecule has 0 radical (unpaired) electrons. The number of carbonyl (C=O) groups is 1. The number of nitrogens with two attached hydrogens (primary N) is 1. The van der Waals surface area contributed by atoms with Gasteiger partial charge in [-0.2, -0.15) is 0 Å². The molecule has 0 saturated heterocycles. The van der Waals surface area contributed by atoms with Gasteiger partial charge in [0.05, 0.1) is 6.04 Å². The fourth-order valence-electron chi connectivity index (χ4n) is 2.18. The van der Waals surface area contributed by atoms with Gasteiger partial charge in [0.1, 0.15) is 11.0 Å². The highest BCUT2D eigenvalue weighted by atomic mass is 35.5. The van der Waals surface area contributed by atoms with Crippen molar-refractivity contribution in [2.75, 3.05) is 5.73 Å². The summed E-state index contributed by atoms with van der Waals surface area (Å²) in [4.78, 5) is 16.1. The van der Waals surface area contributed by atoms with Crippen LogP contribution in [0.4, 0.5) is 5.82 Å². The Morgan fingerprint density at radius 3 is 2.27 bits per heavy atom. The molecule has 0 aliphatic heterocycles. The fraction of sp³-hybridized carbons (Fsp3) is 0.294. The predicted octanol–water partition coefficient (Wildman–Crippen LogP) is 3.93. The largest absolute Gasteiger partial charge is 0.384 e. The van der Waals surface area contributed by atoms with Crippen molar-refractivity contribution in [3.8, 4) is 0 Å². The number of nitrogens with zero attached hydrogens (tertiary/aromatic N) is 1. The Hall–Kier alpha value is -2.07. The Bertz CT molecular complexity index is 648. The van der Waals surface area contributed by atoms with Crippen LogP contribution in [0.1, 0.15) is 54.2 Å². The molecule has 0 fully saturated rings. The number of pyridine rings is 1. The van der Waals surface area contributed by atoms with Crippen molar-refractivity contribution < 1.29 is 4.79 Å². The summed E-state index contributed by atoms with van der Waals surface area (Å²) in [6.45, 7) is 6.24. The first kappa shape index (κ1) is 16.3. The summed E-state index contributed by atoms with van der Waals surface area (Å²) in [5.41, 5.74) is 8.34. The molecule has 1 heterocycles. The maximum atomic E-state index is 12.3. The van der Waals surface area contributed by atoms with E-state index in [2.05, 4.69) is 36.3 Å². The zero-order valence-corrected chi connectivity index (χ0v) is 13.7. The number of halogens is 1. The molecule has 2 aromatic rings. The van der Waals surface area contributed by atoms with Gasteiger partial charge < -0.3 is 11.1 Å². The Morgan fingerprint density at radius 1 is 1.14 bits per heavy atom. The van der Waals surface area contributed by atoms with Crippen LogP contribution >= 0.6 is 11.6 Å². The molecule has 1 amide bonds. The average molecular weight is 318 g/mol. The van der Waals surface area contributed by atoms with E-state index >= 15 is 0 Å². The van der Waals surface area contributed by atoms with Crippen LogP contribution in [0.15, 0.2) is 36.4 Å². The molecule has 1 atom stereocenters. The molecule has 0 aliphatic carbocycles. The zero-order chi connectivity index (χ0) is 16.3. The summed E-state index contributed by atoms with van der Waals surface area (Å²) < 4.78 is 0. The van der Waals surface area contributed by atoms with Gasteiger partial charge in [0.15, 0.2) is 0 Å². The normalized spacial score (nSPS) is 12.2. The highest BCUT2D eigenvalue weighted by Crippen LogP contribution is 2.19. The van der Waals surface area contributed by atoms with Gasteiger partial charge in [-0.25, -0.2) is 4.98 Å². The van der Waals surface area contributed by atoms with E-state index in [0.717, 1.165) is 5.56 Å². The van der Waals surface area contributed by atoms with Crippen molar-refractivity contribution in [1.29, 1.82) is 0 Å². The summed E-state index contributed by atoms with van der Waals surface area (Å²) in [6, 6.07) is 11.1. The second-order valence-electron chi connectivity index (χ2n) is 5.62. The van der Waals surface area contributed by atoms with Gasteiger partial charge in [-0.15, -0.1) is 0 Å². The van der Waals surface area contributed by atoms with Crippen molar-refractivity contribution in [1.82, 2.24) is 10.3 Å². The Morgan fingerprint density at radius 2 is 1.73 bits per heavy atom. The minimum absolute atomic E-state index is 0.109. The molecule has 4 nitrogen and oxygen atoms in total. The van der Waals surface area contributed by atoms with Crippen LogP contribution in [0.2, 0.25) is 5.15 Å². The Kier molecular flexibility index (Phi) is 5.03. The smallest absolute Gasteiger partial charge is 0.251 e. The molecule has 0 aliphatic rings. The van der Waals surface area contributed by atoms with E-state index in [1.54, 1.807) is 0 Å². The molecule has 22 heavy (non-hydrogen) atoms. The highest BCUT2D eigenvalue weighted by Gasteiger charge is 2.13. The Labute approximate surface area is 135 Å². The number of nitrogens with one attached hydrogen (secondary N) is 1. The number of hydrogen-bond donors (Lipinski definition) is 2. The lowest BCUT2D eigenvalue weighted by atomic mass is 9.99. The minimum Gasteiger partial charge on any atom is -0.384 e. The van der Waals surface area contributed by atoms with Crippen LogP contribution in [-0.4, -0.2) is 10.9 Å². The molecule has 0 spiro atoms. The molecule has 0 unspecified atom stereocenters. The van der Waals surface area contributed by atoms with E-state index in [1.807, 2.05) is 19.1 Å². The number of hydrogen-bond acceptors (Lipinski definition) is 3. The number of aromatic nitrogens is 1. The highest BCUT2D eigenvalue weighted by molar-refractivity contribution is 6.29. The minimum atomic E-state index is -0.226. The summed E-state index contributed by atoms with van der Waals surface area (Å²) in [5.74, 6) is 0.490. The molecule has 1 aromatic heterocycles. The SMILES string of the molecule is CC(C)c1ccc([C@H](C)NC(=O)c2cc(N)nc(Cl)c2)cc1. The third-order valence-electron chi connectivity index (χ3n) is 3.53. The third-order valence-corrected chi connectivity index (χ3v) is 3.72. The van der Waals surface area contributed by atoms with E-state index in [1.165, 1.54) is 17.7 Å². The van der Waals surface area contributed by atoms with Gasteiger partial charge in [-0.05, 0) is 36.1 Å². The number of carbonyl (C=O) groups excluding carboxylic acids is 1. The van der Waals surface area contributed by atoms with Crippen LogP contribution in [0.5, 0.6) is 0 Å². The van der Waals surface area contributed by atoms with Crippen molar-refractivity contribution in [3.05, 3.63) is 58.2 Å². The van der Waals surface area contributed by atoms with Gasteiger partial charge in [0, 0.05) is 5.56 Å². The van der Waals surface area contributed by atoms with Crippen LogP contribution in [-0.2, 0) is 0 Å². The summed E-state index contributed by atoms with van der Waals surface area (Å²) in [6.07, 6.45) is 0. The van der Waals surface area contributed by atoms with E-state index in [9.17, 15) is 4.79 Å². The molecule has 5 heteroatoms. The van der Waals surface area contributed by atoms with Crippen molar-refractivity contribution in [2.45, 2.75) is 32.7 Å². The second-order valence-corrected chi connectivity index (χ2v) is 6.01. The van der Waals surface area contributed by atoms with E-state index in [0.29, 0.717) is 11.5 Å². The van der Waals surface area contributed by atoms with Crippen molar-refractivity contribution in [3.63, 3.8) is 0 Å². The lowest BCUT2D eigenvalue weighted by molar-refractivity contribution is 0.0940. The van der Waals surface area contributed by atoms with Crippen LogP contribution < -0.4 is 11.1 Å². The molecule has 0 saturated carbocycles. The first-order chi connectivity index (χ1) is 10.4. The lowest BCUT2D eigenvalue weighted by Gasteiger charge is -2.16. The number of amides is 1. The maximum Gasteiger partial charge on any atom is 0.251 e. The van der Waals surface area contributed by atoms with E-state index in [-0.39, 0.29) is 22.9 Å². The van der Waals surface area contributed by atoms with Gasteiger partial charge in [0.25, 0.3) is 5.91 Å². The molecule has 1 aromatic carbocycles. The van der Waals surface area contributed by atoms with Crippen molar-refractivity contribution in [2.24, 2.45) is 0 Å². The van der Waals surface area contributed by atoms with Crippen LogP contribution in [0.25, 0.3) is 0 Å². The quantitative estimate of drug-likeness (QED) is 0.839. The Balaban J connectivity index is 2.10. The third kappa shape index (κ3) is 3.98. The fourth-order valence-corrected chi connectivity index (χ4v) is 2.40. The summed E-state index contributed by atoms with van der Waals surface area (Å²) >= 11 is 5.82. The molecule has 0 bridgehead atoms.